The molecular formula is C21H32F4O6. The molecule has 0 aliphatic carbocycles. The summed E-state index contributed by atoms with van der Waals surface area (Å²) < 4.78 is 69.6. The second-order valence-corrected chi connectivity index (χ2v) is 7.94. The second kappa shape index (κ2) is 12.7. The van der Waals surface area contributed by atoms with E-state index in [2.05, 4.69) is 16.1 Å². The fourth-order valence-corrected chi connectivity index (χ4v) is 2.18. The molecule has 0 amide bonds. The number of esters is 3. The Morgan fingerprint density at radius 3 is 1.45 bits per heavy atom. The Bertz CT molecular complexity index is 597. The van der Waals surface area contributed by atoms with E-state index in [0.717, 1.165) is 0 Å². The number of alkyl halides is 4. The first-order valence-corrected chi connectivity index (χ1v) is 10.1. The van der Waals surface area contributed by atoms with Crippen LogP contribution in [0.1, 0.15) is 66.2 Å². The van der Waals surface area contributed by atoms with Gasteiger partial charge in [-0.05, 0) is 26.7 Å². The summed E-state index contributed by atoms with van der Waals surface area (Å²) >= 11 is 0. The number of hydrogen-bond acceptors (Lipinski definition) is 6. The molecule has 10 heteroatoms. The van der Waals surface area contributed by atoms with Gasteiger partial charge in [0.1, 0.15) is 19.8 Å². The van der Waals surface area contributed by atoms with E-state index >= 15 is 0 Å². The maximum Gasteiger partial charge on any atom is 0.376 e. The molecule has 0 bridgehead atoms. The van der Waals surface area contributed by atoms with Gasteiger partial charge in [0.05, 0.1) is 5.41 Å². The van der Waals surface area contributed by atoms with Crippen molar-refractivity contribution in [3.05, 3.63) is 12.2 Å². The zero-order chi connectivity index (χ0) is 24.3. The average molecular weight is 456 g/mol. The van der Waals surface area contributed by atoms with Crippen LogP contribution >= 0.6 is 0 Å². The summed E-state index contributed by atoms with van der Waals surface area (Å²) in [6.07, 6.45) is -0.329. The van der Waals surface area contributed by atoms with Crippen molar-refractivity contribution in [2.24, 2.45) is 5.41 Å². The van der Waals surface area contributed by atoms with E-state index in [1.54, 1.807) is 13.8 Å². The van der Waals surface area contributed by atoms with Crippen LogP contribution in [0.5, 0.6) is 0 Å². The molecule has 0 saturated heterocycles. The van der Waals surface area contributed by atoms with Crippen molar-refractivity contribution in [3.8, 4) is 0 Å². The molecule has 0 heterocycles. The monoisotopic (exact) mass is 456 g/mol. The zero-order valence-corrected chi connectivity index (χ0v) is 18.5. The van der Waals surface area contributed by atoms with Gasteiger partial charge in [0.25, 0.3) is 0 Å². The molecule has 0 fully saturated rings. The highest BCUT2D eigenvalue weighted by molar-refractivity contribution is 5.87. The van der Waals surface area contributed by atoms with Gasteiger partial charge in [0.2, 0.25) is 0 Å². The average Bonchev–Trinajstić information content (AvgIpc) is 2.71. The van der Waals surface area contributed by atoms with Gasteiger partial charge < -0.3 is 14.2 Å². The van der Waals surface area contributed by atoms with E-state index in [1.165, 1.54) is 13.8 Å². The lowest BCUT2D eigenvalue weighted by molar-refractivity contribution is -0.186. The zero-order valence-electron chi connectivity index (χ0n) is 18.5. The van der Waals surface area contributed by atoms with E-state index in [1.807, 2.05) is 0 Å². The summed E-state index contributed by atoms with van der Waals surface area (Å²) in [4.78, 5) is 35.2. The first-order valence-electron chi connectivity index (χ1n) is 10.1. The lowest BCUT2D eigenvalue weighted by Crippen LogP contribution is -2.41. The molecule has 0 aliphatic heterocycles. The molecule has 180 valence electrons. The number of ether oxygens (including phenoxy) is 3. The predicted octanol–water partition coefficient (Wildman–Crippen LogP) is 4.85. The first kappa shape index (κ1) is 28.9. The van der Waals surface area contributed by atoms with Crippen LogP contribution < -0.4 is 0 Å². The molecular weight excluding hydrogens is 424 g/mol. The molecule has 0 aromatic carbocycles. The standard InChI is InChI=1S/C21H32F4O6/c1-6-8-10-20(22,23)17(27)30-13-19(5,12-29-16(26)15(3)4)14-31-18(28)21(24,25)11-9-7-2/h3,6-14H2,1-2,4-5H3. The number of hydrogen-bond donors (Lipinski definition) is 0. The van der Waals surface area contributed by atoms with Gasteiger partial charge in [-0.1, -0.05) is 33.3 Å². The van der Waals surface area contributed by atoms with Gasteiger partial charge in [-0.15, -0.1) is 0 Å². The Hall–Kier alpha value is -2.13. The fraction of sp³-hybridized carbons (Fsp3) is 0.762. The molecule has 0 aromatic rings. The molecule has 0 radical (unpaired) electrons. The Morgan fingerprint density at radius 1 is 0.774 bits per heavy atom. The highest BCUT2D eigenvalue weighted by atomic mass is 19.3. The molecule has 0 rings (SSSR count). The Morgan fingerprint density at radius 2 is 1.13 bits per heavy atom. The summed E-state index contributed by atoms with van der Waals surface area (Å²) in [5.41, 5.74) is -1.49. The minimum absolute atomic E-state index is 0.0357. The van der Waals surface area contributed by atoms with E-state index in [0.29, 0.717) is 12.8 Å². The third kappa shape index (κ3) is 10.6. The largest absolute Gasteiger partial charge is 0.461 e. The topological polar surface area (TPSA) is 78.9 Å². The fourth-order valence-electron chi connectivity index (χ4n) is 2.18. The minimum atomic E-state index is -3.73. The predicted molar refractivity (Wildman–Crippen MR) is 105 cm³/mol. The molecule has 0 N–H and O–H groups in total. The molecule has 0 aromatic heterocycles. The summed E-state index contributed by atoms with van der Waals surface area (Å²) in [7, 11) is 0. The van der Waals surface area contributed by atoms with Crippen LogP contribution in [0.25, 0.3) is 0 Å². The smallest absolute Gasteiger partial charge is 0.376 e. The molecule has 0 spiro atoms. The van der Waals surface area contributed by atoms with E-state index < -0.39 is 67.8 Å². The van der Waals surface area contributed by atoms with Crippen molar-refractivity contribution < 1.29 is 46.2 Å². The van der Waals surface area contributed by atoms with Crippen molar-refractivity contribution in [1.82, 2.24) is 0 Å². The maximum absolute atomic E-state index is 13.8. The second-order valence-electron chi connectivity index (χ2n) is 7.94. The number of halogens is 4. The van der Waals surface area contributed by atoms with Gasteiger partial charge in [-0.3, -0.25) is 0 Å². The summed E-state index contributed by atoms with van der Waals surface area (Å²) in [5.74, 6) is -11.9. The number of carbonyl (C=O) groups excluding carboxylic acids is 3. The van der Waals surface area contributed by atoms with Crippen molar-refractivity contribution >= 4 is 17.9 Å². The maximum atomic E-state index is 13.8. The van der Waals surface area contributed by atoms with Gasteiger partial charge >= 0.3 is 29.8 Å². The van der Waals surface area contributed by atoms with Crippen LogP contribution in [-0.2, 0) is 28.6 Å². The van der Waals surface area contributed by atoms with Crippen molar-refractivity contribution in [1.29, 1.82) is 0 Å². The van der Waals surface area contributed by atoms with Crippen molar-refractivity contribution in [2.75, 3.05) is 19.8 Å². The van der Waals surface area contributed by atoms with Crippen LogP contribution in [0.4, 0.5) is 17.6 Å². The summed E-state index contributed by atoms with van der Waals surface area (Å²) in [5, 5.41) is 0. The highest BCUT2D eigenvalue weighted by Crippen LogP contribution is 2.28. The van der Waals surface area contributed by atoms with Crippen LogP contribution in [-0.4, -0.2) is 49.6 Å². The van der Waals surface area contributed by atoms with Gasteiger partial charge in [0.15, 0.2) is 0 Å². The normalized spacial score (nSPS) is 12.3. The lowest BCUT2D eigenvalue weighted by Gasteiger charge is -2.29. The highest BCUT2D eigenvalue weighted by Gasteiger charge is 2.43. The Kier molecular flexibility index (Phi) is 11.8. The third-order valence-corrected chi connectivity index (χ3v) is 4.29. The number of unbranched alkanes of at least 4 members (excludes halogenated alkanes) is 2. The van der Waals surface area contributed by atoms with E-state index in [4.69, 9.17) is 4.74 Å². The first-order chi connectivity index (χ1) is 14.2. The SMILES string of the molecule is C=C(C)C(=O)OCC(C)(COC(=O)C(F)(F)CCCC)COC(=O)C(F)(F)CCCC. The molecule has 0 unspecified atom stereocenters. The number of rotatable bonds is 15. The van der Waals surface area contributed by atoms with Crippen LogP contribution in [0.3, 0.4) is 0 Å². The molecule has 31 heavy (non-hydrogen) atoms. The van der Waals surface area contributed by atoms with Gasteiger partial charge in [-0.2, -0.15) is 17.6 Å². The summed E-state index contributed by atoms with van der Waals surface area (Å²) in [6.45, 7) is 7.36. The third-order valence-electron chi connectivity index (χ3n) is 4.29. The Labute approximate surface area is 180 Å². The van der Waals surface area contributed by atoms with Crippen molar-refractivity contribution in [3.63, 3.8) is 0 Å². The minimum Gasteiger partial charge on any atom is -0.461 e. The van der Waals surface area contributed by atoms with Crippen LogP contribution in [0.15, 0.2) is 12.2 Å². The number of carbonyl (C=O) groups is 3. The molecule has 0 aliphatic rings. The van der Waals surface area contributed by atoms with Gasteiger partial charge in [0, 0.05) is 18.4 Å². The van der Waals surface area contributed by atoms with Crippen LogP contribution in [0, 0.1) is 5.41 Å². The van der Waals surface area contributed by atoms with Crippen molar-refractivity contribution in [2.45, 2.75) is 78.1 Å². The summed E-state index contributed by atoms with van der Waals surface area (Å²) in [6, 6.07) is 0. The molecule has 6 nitrogen and oxygen atoms in total. The Balaban J connectivity index is 5.21. The van der Waals surface area contributed by atoms with E-state index in [9.17, 15) is 31.9 Å². The van der Waals surface area contributed by atoms with E-state index in [-0.39, 0.29) is 18.4 Å². The molecule has 0 atom stereocenters. The molecule has 0 saturated carbocycles. The lowest BCUT2D eigenvalue weighted by atomic mass is 9.94. The van der Waals surface area contributed by atoms with Gasteiger partial charge in [-0.25, -0.2) is 14.4 Å². The quantitative estimate of drug-likeness (QED) is 0.152. The van der Waals surface area contributed by atoms with Crippen LogP contribution in [0.2, 0.25) is 0 Å².